The Morgan fingerprint density at radius 3 is 2.61 bits per heavy atom. The number of fused-ring (bicyclic) bond motifs is 1. The molecule has 0 N–H and O–H groups in total. The largest absolute Gasteiger partial charge is 0.494 e. The summed E-state index contributed by atoms with van der Waals surface area (Å²) in [6.07, 6.45) is 5.11. The fraction of sp³-hybridized carbons (Fsp3) is 0.448. The number of nitrogens with zero attached hydrogens (tertiary/aromatic N) is 6. The summed E-state index contributed by atoms with van der Waals surface area (Å²) >= 11 is 0. The minimum atomic E-state index is 0.00986. The van der Waals surface area contributed by atoms with E-state index in [0.29, 0.717) is 45.6 Å². The van der Waals surface area contributed by atoms with Gasteiger partial charge in [-0.3, -0.25) is 19.2 Å². The molecule has 0 unspecified atom stereocenters. The fourth-order valence-corrected chi connectivity index (χ4v) is 4.91. The molecule has 0 radical (unpaired) electrons. The second-order valence-electron chi connectivity index (χ2n) is 9.55. The predicted molar refractivity (Wildman–Crippen MR) is 147 cm³/mol. The van der Waals surface area contributed by atoms with Crippen LogP contribution in [0.15, 0.2) is 61.2 Å². The second kappa shape index (κ2) is 13.7. The molecule has 1 aliphatic rings. The van der Waals surface area contributed by atoms with Crippen molar-refractivity contribution in [1.82, 2.24) is 24.6 Å². The summed E-state index contributed by atoms with van der Waals surface area (Å²) in [5, 5.41) is 4.14. The van der Waals surface area contributed by atoms with Crippen LogP contribution in [0.2, 0.25) is 0 Å². The van der Waals surface area contributed by atoms with Crippen LogP contribution in [-0.2, 0) is 29.2 Å². The average Bonchev–Trinajstić information content (AvgIpc) is 3.42. The summed E-state index contributed by atoms with van der Waals surface area (Å²) in [6.45, 7) is 8.81. The molecular formula is C29H38N6O3. The molecule has 0 fully saturated rings. The maximum absolute atomic E-state index is 13.5. The molecule has 38 heavy (non-hydrogen) atoms. The van der Waals surface area contributed by atoms with Gasteiger partial charge in [0.05, 0.1) is 6.61 Å². The normalized spacial score (nSPS) is 15.0. The van der Waals surface area contributed by atoms with Crippen LogP contribution in [0.1, 0.15) is 44.2 Å². The number of carbonyl (C=O) groups excluding carboxylic acids is 2. The van der Waals surface area contributed by atoms with E-state index in [4.69, 9.17) is 4.74 Å². The maximum Gasteiger partial charge on any atom is 0.223 e. The first-order valence-electron chi connectivity index (χ1n) is 13.4. The van der Waals surface area contributed by atoms with Crippen LogP contribution in [0.5, 0.6) is 5.75 Å². The van der Waals surface area contributed by atoms with Crippen LogP contribution < -0.4 is 9.64 Å². The van der Waals surface area contributed by atoms with Crippen molar-refractivity contribution in [3.63, 3.8) is 0 Å². The molecule has 2 aromatic carbocycles. The molecule has 0 spiro atoms. The zero-order valence-electron chi connectivity index (χ0n) is 22.5. The average molecular weight is 519 g/mol. The zero-order chi connectivity index (χ0) is 26.7. The lowest BCUT2D eigenvalue weighted by Gasteiger charge is -2.28. The molecule has 0 bridgehead atoms. The summed E-state index contributed by atoms with van der Waals surface area (Å²) < 4.78 is 7.62. The Kier molecular flexibility index (Phi) is 9.86. The van der Waals surface area contributed by atoms with E-state index in [1.165, 1.54) is 6.33 Å². The van der Waals surface area contributed by atoms with Crippen LogP contribution in [0, 0.1) is 0 Å². The molecule has 0 saturated heterocycles. The molecular weight excluding hydrogens is 480 g/mol. The first-order chi connectivity index (χ1) is 18.5. The highest BCUT2D eigenvalue weighted by Crippen LogP contribution is 2.25. The van der Waals surface area contributed by atoms with Crippen molar-refractivity contribution in [1.29, 1.82) is 0 Å². The van der Waals surface area contributed by atoms with Crippen molar-refractivity contribution in [3.05, 3.63) is 72.3 Å². The number of hydrogen-bond donors (Lipinski definition) is 0. The molecule has 2 heterocycles. The highest BCUT2D eigenvalue weighted by molar-refractivity contribution is 5.92. The van der Waals surface area contributed by atoms with Gasteiger partial charge < -0.3 is 14.5 Å². The molecule has 1 aliphatic heterocycles. The van der Waals surface area contributed by atoms with E-state index in [1.54, 1.807) is 17.9 Å². The summed E-state index contributed by atoms with van der Waals surface area (Å²) in [4.78, 5) is 36.3. The van der Waals surface area contributed by atoms with Gasteiger partial charge in [-0.05, 0) is 37.5 Å². The smallest absolute Gasteiger partial charge is 0.223 e. The molecule has 4 rings (SSSR count). The summed E-state index contributed by atoms with van der Waals surface area (Å²) in [5.41, 5.74) is 3.00. The topological polar surface area (TPSA) is 83.8 Å². The number of benzene rings is 2. The number of aryl methyl sites for hydroxylation is 1. The number of hydrogen-bond acceptors (Lipinski definition) is 6. The highest BCUT2D eigenvalue weighted by Gasteiger charge is 2.22. The van der Waals surface area contributed by atoms with E-state index >= 15 is 0 Å². The second-order valence-corrected chi connectivity index (χ2v) is 9.55. The van der Waals surface area contributed by atoms with Gasteiger partial charge in [-0.15, -0.1) is 0 Å². The van der Waals surface area contributed by atoms with E-state index in [9.17, 15) is 9.59 Å². The van der Waals surface area contributed by atoms with Gasteiger partial charge in [0.25, 0.3) is 0 Å². The number of ether oxygens (including phenoxy) is 1. The van der Waals surface area contributed by atoms with E-state index in [1.807, 2.05) is 59.2 Å². The number of aromatic nitrogens is 3. The van der Waals surface area contributed by atoms with Crippen LogP contribution in [-0.4, -0.2) is 69.2 Å². The Morgan fingerprint density at radius 1 is 1.00 bits per heavy atom. The molecule has 202 valence electrons. The van der Waals surface area contributed by atoms with Gasteiger partial charge in [-0.25, -0.2) is 4.98 Å². The van der Waals surface area contributed by atoms with Crippen molar-refractivity contribution in [3.8, 4) is 5.75 Å². The number of amides is 2. The lowest BCUT2D eigenvalue weighted by Crippen LogP contribution is -2.38. The fourth-order valence-electron chi connectivity index (χ4n) is 4.91. The maximum atomic E-state index is 13.5. The van der Waals surface area contributed by atoms with Crippen molar-refractivity contribution in [2.75, 3.05) is 37.7 Å². The van der Waals surface area contributed by atoms with Crippen LogP contribution in [0.3, 0.4) is 0 Å². The van der Waals surface area contributed by atoms with Gasteiger partial charge in [0, 0.05) is 70.4 Å². The number of anilines is 1. The van der Waals surface area contributed by atoms with Gasteiger partial charge >= 0.3 is 0 Å². The SMILES string of the molecule is CCOc1ccccc1CN1CCCN(C(C)=O)c2ccccc2CN(C(=O)CCCn2cncn2)CC1. The number of para-hydroxylation sites is 2. The molecule has 0 atom stereocenters. The van der Waals surface area contributed by atoms with Crippen molar-refractivity contribution >= 4 is 17.5 Å². The lowest BCUT2D eigenvalue weighted by molar-refractivity contribution is -0.132. The Bertz CT molecular complexity index is 1180. The van der Waals surface area contributed by atoms with Gasteiger partial charge in [0.2, 0.25) is 11.8 Å². The number of rotatable bonds is 8. The zero-order valence-corrected chi connectivity index (χ0v) is 22.5. The summed E-state index contributed by atoms with van der Waals surface area (Å²) in [5.74, 6) is 1.00. The lowest BCUT2D eigenvalue weighted by atomic mass is 10.1. The quantitative estimate of drug-likeness (QED) is 0.452. The van der Waals surface area contributed by atoms with E-state index < -0.39 is 0 Å². The Morgan fingerprint density at radius 2 is 1.82 bits per heavy atom. The first kappa shape index (κ1) is 27.3. The first-order valence-corrected chi connectivity index (χ1v) is 13.4. The number of carbonyl (C=O) groups is 2. The summed E-state index contributed by atoms with van der Waals surface area (Å²) in [7, 11) is 0. The van der Waals surface area contributed by atoms with Crippen molar-refractivity contribution in [2.45, 2.75) is 52.7 Å². The third-order valence-corrected chi connectivity index (χ3v) is 6.83. The Hall–Kier alpha value is -3.72. The minimum Gasteiger partial charge on any atom is -0.494 e. The third-order valence-electron chi connectivity index (χ3n) is 6.83. The van der Waals surface area contributed by atoms with Gasteiger partial charge in [0.15, 0.2) is 0 Å². The van der Waals surface area contributed by atoms with Gasteiger partial charge in [-0.1, -0.05) is 36.4 Å². The summed E-state index contributed by atoms with van der Waals surface area (Å²) in [6, 6.07) is 16.1. The van der Waals surface area contributed by atoms with Gasteiger partial charge in [-0.2, -0.15) is 5.10 Å². The minimum absolute atomic E-state index is 0.00986. The Labute approximate surface area is 225 Å². The molecule has 0 aliphatic carbocycles. The molecule has 2 amide bonds. The monoisotopic (exact) mass is 518 g/mol. The molecule has 9 heteroatoms. The standard InChI is InChI=1S/C29H38N6O3/c1-3-38-28-13-7-5-11-26(28)20-32-15-9-17-35(24(2)36)27-12-6-4-10-25(27)21-33(19-18-32)29(37)14-8-16-34-23-30-22-31-34/h4-7,10-13,22-23H,3,8-9,14-21H2,1-2H3. The molecule has 1 aromatic heterocycles. The van der Waals surface area contributed by atoms with E-state index in [-0.39, 0.29) is 11.8 Å². The van der Waals surface area contributed by atoms with Crippen LogP contribution in [0.4, 0.5) is 5.69 Å². The van der Waals surface area contributed by atoms with Crippen molar-refractivity contribution in [2.24, 2.45) is 0 Å². The molecule has 3 aromatic rings. The van der Waals surface area contributed by atoms with Crippen LogP contribution in [0.25, 0.3) is 0 Å². The Balaban J connectivity index is 1.55. The molecule has 9 nitrogen and oxygen atoms in total. The van der Waals surface area contributed by atoms with E-state index in [2.05, 4.69) is 21.0 Å². The highest BCUT2D eigenvalue weighted by atomic mass is 16.5. The van der Waals surface area contributed by atoms with Crippen LogP contribution >= 0.6 is 0 Å². The van der Waals surface area contributed by atoms with Gasteiger partial charge in [0.1, 0.15) is 18.4 Å². The van der Waals surface area contributed by atoms with E-state index in [0.717, 1.165) is 48.6 Å². The predicted octanol–water partition coefficient (Wildman–Crippen LogP) is 3.74. The van der Waals surface area contributed by atoms with Crippen molar-refractivity contribution < 1.29 is 14.3 Å². The molecule has 0 saturated carbocycles. The third kappa shape index (κ3) is 7.41.